The van der Waals surface area contributed by atoms with Gasteiger partial charge in [0.05, 0.1) is 0 Å². The molecule has 3 heteroatoms. The zero-order chi connectivity index (χ0) is 11.3. The first-order valence-electron chi connectivity index (χ1n) is 6.87. The molecule has 3 nitrogen and oxygen atoms in total. The van der Waals surface area contributed by atoms with E-state index >= 15 is 0 Å². The van der Waals surface area contributed by atoms with Crippen LogP contribution in [0.25, 0.3) is 0 Å². The minimum atomic E-state index is 0.391. The Morgan fingerprint density at radius 2 is 2.29 bits per heavy atom. The van der Waals surface area contributed by atoms with Crippen LogP contribution in [-0.2, 0) is 9.78 Å². The zero-order valence-electron chi connectivity index (χ0n) is 10.1. The highest BCUT2D eigenvalue weighted by Crippen LogP contribution is 2.57. The van der Waals surface area contributed by atoms with Crippen LogP contribution < -0.4 is 5.32 Å². The fourth-order valence-electron chi connectivity index (χ4n) is 4.58. The van der Waals surface area contributed by atoms with E-state index in [1.165, 1.54) is 37.7 Å². The van der Waals surface area contributed by atoms with E-state index < -0.39 is 0 Å². The van der Waals surface area contributed by atoms with E-state index in [4.69, 9.17) is 9.78 Å². The average Bonchev–Trinajstić information content (AvgIpc) is 2.39. The molecule has 0 aromatic rings. The second-order valence-corrected chi connectivity index (χ2v) is 5.84. The molecule has 4 aliphatic rings. The smallest absolute Gasteiger partial charge is 0.161 e. The number of hydrogen-bond donors (Lipinski definition) is 1. The fourth-order valence-corrected chi connectivity index (χ4v) is 4.58. The van der Waals surface area contributed by atoms with Crippen molar-refractivity contribution in [3.05, 3.63) is 23.7 Å². The quantitative estimate of drug-likeness (QED) is 0.652. The van der Waals surface area contributed by atoms with Gasteiger partial charge in [-0.15, -0.1) is 0 Å². The van der Waals surface area contributed by atoms with Crippen molar-refractivity contribution in [1.29, 1.82) is 0 Å². The van der Waals surface area contributed by atoms with Gasteiger partial charge in [0.1, 0.15) is 6.26 Å². The van der Waals surface area contributed by atoms with E-state index in [0.29, 0.717) is 11.5 Å². The molecular weight excluding hydrogens is 214 g/mol. The van der Waals surface area contributed by atoms with E-state index in [0.717, 1.165) is 24.6 Å². The molecule has 0 spiro atoms. The van der Waals surface area contributed by atoms with Gasteiger partial charge < -0.3 is 5.32 Å². The summed E-state index contributed by atoms with van der Waals surface area (Å²) >= 11 is 0. The van der Waals surface area contributed by atoms with Crippen LogP contribution in [0.1, 0.15) is 38.5 Å². The maximum atomic E-state index is 5.41. The predicted molar refractivity (Wildman–Crippen MR) is 63.8 cm³/mol. The summed E-state index contributed by atoms with van der Waals surface area (Å²) in [5.41, 5.74) is 1.84. The Balaban J connectivity index is 1.85. The summed E-state index contributed by atoms with van der Waals surface area (Å²) in [6.45, 7) is 1.16. The van der Waals surface area contributed by atoms with Gasteiger partial charge in [0, 0.05) is 23.5 Å². The van der Waals surface area contributed by atoms with Gasteiger partial charge >= 0.3 is 0 Å². The normalized spacial score (nSPS) is 43.3. The van der Waals surface area contributed by atoms with Crippen molar-refractivity contribution in [3.63, 3.8) is 0 Å². The number of nitrogens with one attached hydrogen (secondary N) is 1. The maximum Gasteiger partial charge on any atom is 0.161 e. The lowest BCUT2D eigenvalue weighted by atomic mass is 9.53. The van der Waals surface area contributed by atoms with Crippen LogP contribution >= 0.6 is 0 Å². The first-order valence-corrected chi connectivity index (χ1v) is 6.87. The topological polar surface area (TPSA) is 30.5 Å². The number of allylic oxidation sites excluding steroid dienone is 2. The van der Waals surface area contributed by atoms with Crippen molar-refractivity contribution in [2.24, 2.45) is 11.3 Å². The van der Waals surface area contributed by atoms with Gasteiger partial charge in [0.2, 0.25) is 0 Å². The largest absolute Gasteiger partial charge is 0.313 e. The van der Waals surface area contributed by atoms with Gasteiger partial charge in [-0.25, -0.2) is 0 Å². The number of hydrogen-bond acceptors (Lipinski definition) is 3. The van der Waals surface area contributed by atoms with Gasteiger partial charge in [-0.05, 0) is 37.8 Å². The number of piperidine rings is 1. The molecule has 0 radical (unpaired) electrons. The minimum Gasteiger partial charge on any atom is -0.313 e. The van der Waals surface area contributed by atoms with Crippen molar-refractivity contribution in [1.82, 2.24) is 5.32 Å². The Morgan fingerprint density at radius 3 is 3.29 bits per heavy atom. The van der Waals surface area contributed by atoms with Crippen LogP contribution in [0.4, 0.5) is 0 Å². The lowest BCUT2D eigenvalue weighted by Gasteiger charge is -2.55. The molecule has 0 unspecified atom stereocenters. The highest BCUT2D eigenvalue weighted by Gasteiger charge is 2.53. The molecule has 1 N–H and O–H groups in total. The van der Waals surface area contributed by atoms with Crippen LogP contribution in [0.2, 0.25) is 0 Å². The molecule has 0 aromatic carbocycles. The summed E-state index contributed by atoms with van der Waals surface area (Å²) in [6.07, 6.45) is 11.6. The molecule has 2 heterocycles. The summed E-state index contributed by atoms with van der Waals surface area (Å²) in [6, 6.07) is 0.609. The molecule has 1 saturated carbocycles. The molecule has 2 bridgehead atoms. The lowest BCUT2D eigenvalue weighted by molar-refractivity contribution is -0.225. The van der Waals surface area contributed by atoms with E-state index in [1.54, 1.807) is 6.26 Å². The van der Waals surface area contributed by atoms with Crippen molar-refractivity contribution in [3.8, 4) is 0 Å². The Hall–Kier alpha value is -0.960. The van der Waals surface area contributed by atoms with E-state index in [2.05, 4.69) is 11.4 Å². The molecule has 1 saturated heterocycles. The number of rotatable bonds is 0. The average molecular weight is 233 g/mol. The first kappa shape index (κ1) is 10.0. The van der Waals surface area contributed by atoms with Crippen LogP contribution in [0.5, 0.6) is 0 Å². The molecule has 2 aliphatic carbocycles. The second kappa shape index (κ2) is 3.52. The fraction of sp³-hybridized carbons (Fsp3) is 0.714. The predicted octanol–water partition coefficient (Wildman–Crippen LogP) is 2.66. The lowest BCUT2D eigenvalue weighted by Crippen LogP contribution is -2.57. The van der Waals surface area contributed by atoms with E-state index in [9.17, 15) is 0 Å². The zero-order valence-corrected chi connectivity index (χ0v) is 10.1. The van der Waals surface area contributed by atoms with E-state index in [1.807, 2.05) is 0 Å². The first-order chi connectivity index (χ1) is 8.40. The Bertz CT molecular complexity index is 397. The van der Waals surface area contributed by atoms with Gasteiger partial charge in [-0.3, -0.25) is 9.78 Å². The highest BCUT2D eigenvalue weighted by molar-refractivity contribution is 5.37. The molecule has 17 heavy (non-hydrogen) atoms. The third-order valence-corrected chi connectivity index (χ3v) is 5.24. The highest BCUT2D eigenvalue weighted by atomic mass is 17.2. The Labute approximate surface area is 102 Å². The van der Waals surface area contributed by atoms with Crippen LogP contribution in [0, 0.1) is 11.3 Å². The molecule has 0 amide bonds. The minimum absolute atomic E-state index is 0.391. The van der Waals surface area contributed by atoms with Crippen LogP contribution in [-0.4, -0.2) is 12.6 Å². The van der Waals surface area contributed by atoms with Gasteiger partial charge in [0.25, 0.3) is 0 Å². The molecule has 3 atom stereocenters. The van der Waals surface area contributed by atoms with Gasteiger partial charge in [-0.1, -0.05) is 12.8 Å². The molecule has 4 rings (SSSR count). The molecule has 0 aromatic heterocycles. The molecule has 92 valence electrons. The summed E-state index contributed by atoms with van der Waals surface area (Å²) in [7, 11) is 0. The van der Waals surface area contributed by atoms with E-state index in [-0.39, 0.29) is 0 Å². The van der Waals surface area contributed by atoms with Crippen molar-refractivity contribution in [2.75, 3.05) is 6.54 Å². The SMILES string of the molecule is C1=CC2=C(C[C@H]3NCC[C@@]24CCCC[C@@H]34)OO1. The van der Waals surface area contributed by atoms with Crippen LogP contribution in [0.15, 0.2) is 23.7 Å². The van der Waals surface area contributed by atoms with Gasteiger partial charge in [0.15, 0.2) is 5.76 Å². The van der Waals surface area contributed by atoms with Crippen molar-refractivity contribution < 1.29 is 9.78 Å². The van der Waals surface area contributed by atoms with Crippen molar-refractivity contribution >= 4 is 0 Å². The Morgan fingerprint density at radius 1 is 1.29 bits per heavy atom. The molecule has 2 aliphatic heterocycles. The van der Waals surface area contributed by atoms with Crippen LogP contribution in [0.3, 0.4) is 0 Å². The Kier molecular flexibility index (Phi) is 2.07. The maximum absolute atomic E-state index is 5.41. The summed E-state index contributed by atoms with van der Waals surface area (Å²) in [5, 5.41) is 3.68. The second-order valence-electron chi connectivity index (χ2n) is 5.84. The van der Waals surface area contributed by atoms with Crippen molar-refractivity contribution in [2.45, 2.75) is 44.6 Å². The van der Waals surface area contributed by atoms with Gasteiger partial charge in [-0.2, -0.15) is 0 Å². The molecule has 2 fully saturated rings. The summed E-state index contributed by atoms with van der Waals surface area (Å²) in [4.78, 5) is 10.4. The monoisotopic (exact) mass is 233 g/mol. The summed E-state index contributed by atoms with van der Waals surface area (Å²) < 4.78 is 0. The standard InChI is InChI=1S/C14H19NO2/c1-2-5-14-6-7-15-12(10(14)3-1)9-13-11(14)4-8-16-17-13/h4,8,10,12,15H,1-3,5-7,9H2/t10-,12+,14+/m0/s1. The third-order valence-electron chi connectivity index (χ3n) is 5.24. The third kappa shape index (κ3) is 1.26. The summed E-state index contributed by atoms with van der Waals surface area (Å²) in [5.74, 6) is 1.90. The molecular formula is C14H19NO2.